The lowest BCUT2D eigenvalue weighted by atomic mass is 10.1. The second kappa shape index (κ2) is 6.32. The van der Waals surface area contributed by atoms with E-state index in [1.165, 1.54) is 0 Å². The molecule has 1 aliphatic rings. The number of hydrogen-bond donors (Lipinski definition) is 2. The summed E-state index contributed by atoms with van der Waals surface area (Å²) >= 11 is 6.04. The van der Waals surface area contributed by atoms with Crippen LogP contribution < -0.4 is 10.6 Å². The van der Waals surface area contributed by atoms with Crippen molar-refractivity contribution in [2.75, 3.05) is 12.4 Å². The molecule has 0 spiro atoms. The van der Waals surface area contributed by atoms with E-state index < -0.39 is 0 Å². The summed E-state index contributed by atoms with van der Waals surface area (Å²) in [5.41, 5.74) is 1.71. The Morgan fingerprint density at radius 2 is 2.00 bits per heavy atom. The molecule has 6 heteroatoms. The molecule has 0 saturated heterocycles. The van der Waals surface area contributed by atoms with Gasteiger partial charge in [0.25, 0.3) is 5.91 Å². The summed E-state index contributed by atoms with van der Waals surface area (Å²) in [6.45, 7) is 0.617. The van der Waals surface area contributed by atoms with Gasteiger partial charge in [-0.3, -0.25) is 4.79 Å². The van der Waals surface area contributed by atoms with E-state index in [4.69, 9.17) is 11.6 Å². The summed E-state index contributed by atoms with van der Waals surface area (Å²) in [6.07, 6.45) is 2.28. The average molecular weight is 317 g/mol. The average Bonchev–Trinajstić information content (AvgIpc) is 3.37. The zero-order chi connectivity index (χ0) is 15.5. The minimum atomic E-state index is -0.0869. The minimum Gasteiger partial charge on any atom is -0.366 e. The minimum absolute atomic E-state index is 0.0869. The fourth-order valence-corrected chi connectivity index (χ4v) is 2.35. The van der Waals surface area contributed by atoms with Crippen LogP contribution in [-0.2, 0) is 6.54 Å². The Morgan fingerprint density at radius 1 is 1.27 bits per heavy atom. The highest BCUT2D eigenvalue weighted by Crippen LogP contribution is 2.38. The van der Waals surface area contributed by atoms with Gasteiger partial charge in [-0.2, -0.15) is 0 Å². The molecule has 0 radical (unpaired) electrons. The van der Waals surface area contributed by atoms with Gasteiger partial charge in [0.15, 0.2) is 0 Å². The zero-order valence-electron chi connectivity index (χ0n) is 12.3. The van der Waals surface area contributed by atoms with Crippen molar-refractivity contribution in [1.82, 2.24) is 15.3 Å². The molecule has 1 saturated carbocycles. The number of nitrogens with zero attached hydrogens (tertiary/aromatic N) is 2. The molecule has 1 fully saturated rings. The Labute approximate surface area is 134 Å². The third kappa shape index (κ3) is 3.54. The van der Waals surface area contributed by atoms with E-state index in [2.05, 4.69) is 20.6 Å². The van der Waals surface area contributed by atoms with Crippen LogP contribution in [0.25, 0.3) is 0 Å². The summed E-state index contributed by atoms with van der Waals surface area (Å²) in [5.74, 6) is 1.93. The van der Waals surface area contributed by atoms with Crippen LogP contribution in [0.4, 0.5) is 5.82 Å². The number of halogens is 1. The highest BCUT2D eigenvalue weighted by atomic mass is 35.5. The highest BCUT2D eigenvalue weighted by molar-refractivity contribution is 6.29. The molecule has 22 heavy (non-hydrogen) atoms. The smallest absolute Gasteiger partial charge is 0.251 e. The standard InChI is InChI=1S/C16H17ClN4O/c1-18-16(22)12-4-2-10(3-5-12)9-19-14-8-13(17)20-15(21-14)11-6-7-11/h2-5,8,11H,6-7,9H2,1H3,(H,18,22)(H,19,20,21). The second-order valence-corrected chi connectivity index (χ2v) is 5.73. The van der Waals surface area contributed by atoms with E-state index >= 15 is 0 Å². The van der Waals surface area contributed by atoms with Gasteiger partial charge >= 0.3 is 0 Å². The Hall–Kier alpha value is -2.14. The van der Waals surface area contributed by atoms with E-state index in [0.29, 0.717) is 23.2 Å². The number of amides is 1. The van der Waals surface area contributed by atoms with Gasteiger partial charge in [0.05, 0.1) is 0 Å². The van der Waals surface area contributed by atoms with Crippen molar-refractivity contribution in [2.45, 2.75) is 25.3 Å². The first-order valence-electron chi connectivity index (χ1n) is 7.25. The highest BCUT2D eigenvalue weighted by Gasteiger charge is 2.27. The third-order valence-corrected chi connectivity index (χ3v) is 3.77. The molecule has 3 rings (SSSR count). The SMILES string of the molecule is CNC(=O)c1ccc(CNc2cc(Cl)nc(C3CC3)n2)cc1. The van der Waals surface area contributed by atoms with Crippen molar-refractivity contribution in [3.8, 4) is 0 Å². The molecule has 1 heterocycles. The van der Waals surface area contributed by atoms with Crippen LogP contribution >= 0.6 is 11.6 Å². The number of rotatable bonds is 5. The molecular weight excluding hydrogens is 300 g/mol. The lowest BCUT2D eigenvalue weighted by Gasteiger charge is -2.08. The molecule has 1 aliphatic carbocycles. The van der Waals surface area contributed by atoms with Crippen LogP contribution in [0.15, 0.2) is 30.3 Å². The Morgan fingerprint density at radius 3 is 2.64 bits per heavy atom. The van der Waals surface area contributed by atoms with Crippen LogP contribution in [0.3, 0.4) is 0 Å². The predicted molar refractivity (Wildman–Crippen MR) is 86.2 cm³/mol. The summed E-state index contributed by atoms with van der Waals surface area (Å²) in [4.78, 5) is 20.3. The van der Waals surface area contributed by atoms with E-state index in [-0.39, 0.29) is 5.91 Å². The largest absolute Gasteiger partial charge is 0.366 e. The summed E-state index contributed by atoms with van der Waals surface area (Å²) < 4.78 is 0. The fraction of sp³-hybridized carbons (Fsp3) is 0.312. The topological polar surface area (TPSA) is 66.9 Å². The van der Waals surface area contributed by atoms with Crippen LogP contribution in [0.5, 0.6) is 0 Å². The molecule has 1 amide bonds. The molecular formula is C16H17ClN4O. The number of carbonyl (C=O) groups is 1. The molecule has 1 aromatic carbocycles. The number of benzene rings is 1. The molecule has 1 aromatic heterocycles. The maximum atomic E-state index is 11.5. The van der Waals surface area contributed by atoms with Gasteiger partial charge in [0.1, 0.15) is 16.8 Å². The van der Waals surface area contributed by atoms with Gasteiger partial charge in [-0.05, 0) is 30.5 Å². The Bertz CT molecular complexity index is 683. The molecule has 0 bridgehead atoms. The van der Waals surface area contributed by atoms with Gasteiger partial charge in [-0.15, -0.1) is 0 Å². The third-order valence-electron chi connectivity index (χ3n) is 3.57. The molecule has 5 nitrogen and oxygen atoms in total. The monoisotopic (exact) mass is 316 g/mol. The van der Waals surface area contributed by atoms with Crippen LogP contribution in [-0.4, -0.2) is 22.9 Å². The Balaban J connectivity index is 1.66. The molecule has 0 atom stereocenters. The van der Waals surface area contributed by atoms with Crippen LogP contribution in [0.1, 0.15) is 40.5 Å². The van der Waals surface area contributed by atoms with Crippen molar-refractivity contribution in [3.05, 3.63) is 52.4 Å². The number of aromatic nitrogens is 2. The van der Waals surface area contributed by atoms with E-state index in [1.807, 2.05) is 12.1 Å². The fourth-order valence-electron chi connectivity index (χ4n) is 2.16. The number of hydrogen-bond acceptors (Lipinski definition) is 4. The quantitative estimate of drug-likeness (QED) is 0.832. The van der Waals surface area contributed by atoms with E-state index in [1.54, 1.807) is 25.2 Å². The normalized spacial score (nSPS) is 13.7. The number of anilines is 1. The molecule has 114 valence electrons. The van der Waals surface area contributed by atoms with Gasteiger partial charge in [-0.25, -0.2) is 9.97 Å². The van der Waals surface area contributed by atoms with Crippen LogP contribution in [0, 0.1) is 0 Å². The number of nitrogens with one attached hydrogen (secondary N) is 2. The van der Waals surface area contributed by atoms with Crippen LogP contribution in [0.2, 0.25) is 5.15 Å². The van der Waals surface area contributed by atoms with Crippen molar-refractivity contribution in [3.63, 3.8) is 0 Å². The van der Waals surface area contributed by atoms with E-state index in [9.17, 15) is 4.79 Å². The molecule has 2 aromatic rings. The Kier molecular flexibility index (Phi) is 4.24. The molecule has 0 aliphatic heterocycles. The molecule has 0 unspecified atom stereocenters. The van der Waals surface area contributed by atoms with Crippen molar-refractivity contribution in [1.29, 1.82) is 0 Å². The maximum absolute atomic E-state index is 11.5. The summed E-state index contributed by atoms with van der Waals surface area (Å²) in [7, 11) is 1.62. The van der Waals surface area contributed by atoms with Crippen molar-refractivity contribution < 1.29 is 4.79 Å². The van der Waals surface area contributed by atoms with Gasteiger partial charge in [0, 0.05) is 31.1 Å². The zero-order valence-corrected chi connectivity index (χ0v) is 13.0. The van der Waals surface area contributed by atoms with E-state index in [0.717, 1.165) is 30.0 Å². The lowest BCUT2D eigenvalue weighted by molar-refractivity contribution is 0.0963. The first-order chi connectivity index (χ1) is 10.7. The maximum Gasteiger partial charge on any atom is 0.251 e. The van der Waals surface area contributed by atoms with Gasteiger partial charge in [-0.1, -0.05) is 23.7 Å². The first kappa shape index (κ1) is 14.8. The molecule has 2 N–H and O–H groups in total. The number of carbonyl (C=O) groups excluding carboxylic acids is 1. The lowest BCUT2D eigenvalue weighted by Crippen LogP contribution is -2.17. The first-order valence-corrected chi connectivity index (χ1v) is 7.63. The van der Waals surface area contributed by atoms with Gasteiger partial charge < -0.3 is 10.6 Å². The summed E-state index contributed by atoms with van der Waals surface area (Å²) in [6, 6.07) is 9.17. The predicted octanol–water partition coefficient (Wildman–Crippen LogP) is 2.98. The van der Waals surface area contributed by atoms with Crippen molar-refractivity contribution >= 4 is 23.3 Å². The summed E-state index contributed by atoms with van der Waals surface area (Å²) in [5, 5.41) is 6.32. The second-order valence-electron chi connectivity index (χ2n) is 5.34. The van der Waals surface area contributed by atoms with Gasteiger partial charge in [0.2, 0.25) is 0 Å². The van der Waals surface area contributed by atoms with Crippen molar-refractivity contribution in [2.24, 2.45) is 0 Å².